The summed E-state index contributed by atoms with van der Waals surface area (Å²) in [5.74, 6) is 0.844. The van der Waals surface area contributed by atoms with E-state index >= 15 is 0 Å². The molecule has 0 aromatic carbocycles. The summed E-state index contributed by atoms with van der Waals surface area (Å²) in [6.07, 6.45) is 5.31. The highest BCUT2D eigenvalue weighted by atomic mass is 16.3. The molecule has 0 saturated carbocycles. The predicted octanol–water partition coefficient (Wildman–Crippen LogP) is 2.76. The first-order valence-electron chi connectivity index (χ1n) is 6.59. The maximum atomic E-state index is 9.42. The van der Waals surface area contributed by atoms with E-state index < -0.39 is 6.10 Å². The quantitative estimate of drug-likeness (QED) is 0.870. The van der Waals surface area contributed by atoms with Gasteiger partial charge in [0.15, 0.2) is 0 Å². The Balaban J connectivity index is 1.99. The van der Waals surface area contributed by atoms with Gasteiger partial charge in [0.25, 0.3) is 0 Å². The normalized spacial score (nSPS) is 21.8. The van der Waals surface area contributed by atoms with Crippen molar-refractivity contribution in [3.8, 4) is 0 Å². The van der Waals surface area contributed by atoms with Crippen molar-refractivity contribution >= 4 is 5.69 Å². The fourth-order valence-electron chi connectivity index (χ4n) is 2.54. The van der Waals surface area contributed by atoms with E-state index in [4.69, 9.17) is 0 Å². The second kappa shape index (κ2) is 5.50. The van der Waals surface area contributed by atoms with Crippen LogP contribution in [-0.2, 0) is 0 Å². The molecule has 1 aliphatic rings. The Bertz CT molecular complexity index is 348. The molecule has 1 N–H and O–H groups in total. The van der Waals surface area contributed by atoms with Gasteiger partial charge in [-0.25, -0.2) is 0 Å². The maximum Gasteiger partial charge on any atom is 0.0931 e. The Morgan fingerprint density at radius 2 is 2.35 bits per heavy atom. The first-order chi connectivity index (χ1) is 8.20. The zero-order valence-electron chi connectivity index (χ0n) is 10.8. The van der Waals surface area contributed by atoms with Gasteiger partial charge in [0.1, 0.15) is 0 Å². The van der Waals surface area contributed by atoms with E-state index in [1.54, 1.807) is 6.92 Å². The molecule has 0 amide bonds. The standard InChI is InChI=1S/C14H22N2O/c1-3-4-12-7-8-16(10-12)13-5-6-14(11(2)17)15-9-13/h5-6,9,11-12,17H,3-4,7-8,10H2,1-2H3/t11-,12?/m1/s1. The molecule has 94 valence electrons. The minimum Gasteiger partial charge on any atom is -0.387 e. The molecule has 0 spiro atoms. The van der Waals surface area contributed by atoms with Crippen LogP contribution in [0, 0.1) is 5.92 Å². The van der Waals surface area contributed by atoms with Gasteiger partial charge >= 0.3 is 0 Å². The number of aliphatic hydroxyl groups is 1. The molecule has 2 atom stereocenters. The van der Waals surface area contributed by atoms with Crippen LogP contribution in [-0.4, -0.2) is 23.2 Å². The molecule has 1 fully saturated rings. The Kier molecular flexibility index (Phi) is 4.00. The van der Waals surface area contributed by atoms with E-state index in [0.29, 0.717) is 0 Å². The molecule has 0 aliphatic carbocycles. The van der Waals surface area contributed by atoms with E-state index in [1.807, 2.05) is 12.3 Å². The first-order valence-corrected chi connectivity index (χ1v) is 6.59. The van der Waals surface area contributed by atoms with Crippen LogP contribution < -0.4 is 4.90 Å². The third-order valence-corrected chi connectivity index (χ3v) is 3.55. The summed E-state index contributed by atoms with van der Waals surface area (Å²) in [7, 11) is 0. The number of pyridine rings is 1. The van der Waals surface area contributed by atoms with Crippen molar-refractivity contribution in [2.45, 2.75) is 39.2 Å². The molecular weight excluding hydrogens is 212 g/mol. The molecule has 17 heavy (non-hydrogen) atoms. The van der Waals surface area contributed by atoms with E-state index in [0.717, 1.165) is 24.7 Å². The summed E-state index contributed by atoms with van der Waals surface area (Å²) in [4.78, 5) is 6.70. The third-order valence-electron chi connectivity index (χ3n) is 3.55. The van der Waals surface area contributed by atoms with Gasteiger partial charge in [0, 0.05) is 13.1 Å². The van der Waals surface area contributed by atoms with E-state index in [9.17, 15) is 5.11 Å². The van der Waals surface area contributed by atoms with Crippen molar-refractivity contribution in [2.24, 2.45) is 5.92 Å². The van der Waals surface area contributed by atoms with Gasteiger partial charge < -0.3 is 10.0 Å². The molecular formula is C14H22N2O. The van der Waals surface area contributed by atoms with Crippen LogP contribution in [0.3, 0.4) is 0 Å². The van der Waals surface area contributed by atoms with Crippen molar-refractivity contribution in [3.63, 3.8) is 0 Å². The number of aliphatic hydroxyl groups excluding tert-OH is 1. The summed E-state index contributed by atoms with van der Waals surface area (Å²) in [6.45, 7) is 6.29. The van der Waals surface area contributed by atoms with Crippen LogP contribution >= 0.6 is 0 Å². The van der Waals surface area contributed by atoms with Crippen LogP contribution in [0.25, 0.3) is 0 Å². The van der Waals surface area contributed by atoms with Gasteiger partial charge in [-0.15, -0.1) is 0 Å². The Morgan fingerprint density at radius 1 is 1.53 bits per heavy atom. The van der Waals surface area contributed by atoms with Crippen LogP contribution in [0.2, 0.25) is 0 Å². The minimum atomic E-state index is -0.476. The van der Waals surface area contributed by atoms with Crippen LogP contribution in [0.15, 0.2) is 18.3 Å². The molecule has 1 unspecified atom stereocenters. The van der Waals surface area contributed by atoms with Crippen molar-refractivity contribution in [1.29, 1.82) is 0 Å². The topological polar surface area (TPSA) is 36.4 Å². The summed E-state index contributed by atoms with van der Waals surface area (Å²) in [6, 6.07) is 4.00. The van der Waals surface area contributed by atoms with Crippen LogP contribution in [0.1, 0.15) is 44.9 Å². The lowest BCUT2D eigenvalue weighted by Gasteiger charge is -2.18. The molecule has 1 saturated heterocycles. The summed E-state index contributed by atoms with van der Waals surface area (Å²) >= 11 is 0. The van der Waals surface area contributed by atoms with Crippen molar-refractivity contribution in [3.05, 3.63) is 24.0 Å². The number of hydrogen-bond acceptors (Lipinski definition) is 3. The molecule has 1 aliphatic heterocycles. The largest absolute Gasteiger partial charge is 0.387 e. The molecule has 2 heterocycles. The Morgan fingerprint density at radius 3 is 2.94 bits per heavy atom. The number of rotatable bonds is 4. The average molecular weight is 234 g/mol. The fraction of sp³-hybridized carbons (Fsp3) is 0.643. The molecule has 1 aromatic heterocycles. The number of nitrogens with zero attached hydrogens (tertiary/aromatic N) is 2. The Labute approximate surface area is 103 Å². The summed E-state index contributed by atoms with van der Waals surface area (Å²) in [5.41, 5.74) is 1.94. The molecule has 1 aromatic rings. The SMILES string of the molecule is CCCC1CCN(c2ccc([C@@H](C)O)nc2)C1. The first kappa shape index (κ1) is 12.4. The van der Waals surface area contributed by atoms with Gasteiger partial charge in [-0.3, -0.25) is 4.98 Å². The third kappa shape index (κ3) is 2.97. The van der Waals surface area contributed by atoms with Gasteiger partial charge in [-0.1, -0.05) is 13.3 Å². The second-order valence-electron chi connectivity index (χ2n) is 5.01. The monoisotopic (exact) mass is 234 g/mol. The van der Waals surface area contributed by atoms with Crippen molar-refractivity contribution in [2.75, 3.05) is 18.0 Å². The average Bonchev–Trinajstić information content (AvgIpc) is 2.78. The molecule has 2 rings (SSSR count). The lowest BCUT2D eigenvalue weighted by Crippen LogP contribution is -2.19. The highest BCUT2D eigenvalue weighted by molar-refractivity contribution is 5.45. The Hall–Kier alpha value is -1.09. The lowest BCUT2D eigenvalue weighted by molar-refractivity contribution is 0.194. The van der Waals surface area contributed by atoms with Crippen molar-refractivity contribution < 1.29 is 5.11 Å². The maximum absolute atomic E-state index is 9.42. The molecule has 3 heteroatoms. The van der Waals surface area contributed by atoms with E-state index in [2.05, 4.69) is 22.9 Å². The fourth-order valence-corrected chi connectivity index (χ4v) is 2.54. The molecule has 3 nitrogen and oxygen atoms in total. The van der Waals surface area contributed by atoms with E-state index in [1.165, 1.54) is 24.9 Å². The minimum absolute atomic E-state index is 0.476. The van der Waals surface area contributed by atoms with Gasteiger partial charge in [-0.05, 0) is 37.8 Å². The number of anilines is 1. The zero-order chi connectivity index (χ0) is 12.3. The second-order valence-corrected chi connectivity index (χ2v) is 5.01. The van der Waals surface area contributed by atoms with Crippen LogP contribution in [0.4, 0.5) is 5.69 Å². The van der Waals surface area contributed by atoms with Gasteiger partial charge in [0.05, 0.1) is 23.7 Å². The summed E-state index contributed by atoms with van der Waals surface area (Å²) < 4.78 is 0. The lowest BCUT2D eigenvalue weighted by atomic mass is 10.0. The van der Waals surface area contributed by atoms with Crippen molar-refractivity contribution in [1.82, 2.24) is 4.98 Å². The zero-order valence-corrected chi connectivity index (χ0v) is 10.8. The molecule has 0 radical (unpaired) electrons. The summed E-state index contributed by atoms with van der Waals surface area (Å²) in [5, 5.41) is 9.42. The highest BCUT2D eigenvalue weighted by Crippen LogP contribution is 2.26. The van der Waals surface area contributed by atoms with Gasteiger partial charge in [0.2, 0.25) is 0 Å². The number of hydrogen-bond donors (Lipinski definition) is 1. The molecule has 0 bridgehead atoms. The number of aromatic nitrogens is 1. The predicted molar refractivity (Wildman–Crippen MR) is 70.1 cm³/mol. The van der Waals surface area contributed by atoms with E-state index in [-0.39, 0.29) is 0 Å². The van der Waals surface area contributed by atoms with Crippen LogP contribution in [0.5, 0.6) is 0 Å². The highest BCUT2D eigenvalue weighted by Gasteiger charge is 2.22. The smallest absolute Gasteiger partial charge is 0.0931 e. The van der Waals surface area contributed by atoms with Gasteiger partial charge in [-0.2, -0.15) is 0 Å².